The molecule has 156 valence electrons. The molecule has 1 aromatic rings. The number of rotatable bonds is 8. The SMILES string of the molecule is CC(C)(C)C[Si](C)(C)OC(CC#N)c1cccc(NCC2(O)CCCCC2)c1. The van der Waals surface area contributed by atoms with Gasteiger partial charge in [-0.25, -0.2) is 0 Å². The van der Waals surface area contributed by atoms with Gasteiger partial charge < -0.3 is 14.8 Å². The van der Waals surface area contributed by atoms with Crippen LogP contribution in [-0.2, 0) is 4.43 Å². The van der Waals surface area contributed by atoms with Gasteiger partial charge in [0.2, 0.25) is 0 Å². The summed E-state index contributed by atoms with van der Waals surface area (Å²) in [5, 5.41) is 23.5. The Labute approximate surface area is 172 Å². The molecular formula is C23H38N2O2Si. The molecule has 0 bridgehead atoms. The summed E-state index contributed by atoms with van der Waals surface area (Å²) < 4.78 is 6.55. The van der Waals surface area contributed by atoms with E-state index in [9.17, 15) is 10.4 Å². The standard InChI is InChI=1S/C23H38N2O2Si/c1-22(2,3)18-28(4,5)27-21(12-15-24)19-10-9-11-20(16-19)25-17-23(26)13-7-6-8-14-23/h9-11,16,21,25-26H,6-8,12-14,17-18H2,1-5H3. The lowest BCUT2D eigenvalue weighted by Crippen LogP contribution is -2.38. The molecule has 28 heavy (non-hydrogen) atoms. The van der Waals surface area contributed by atoms with Crippen LogP contribution in [-0.4, -0.2) is 25.6 Å². The van der Waals surface area contributed by atoms with Crippen molar-refractivity contribution in [2.24, 2.45) is 5.41 Å². The van der Waals surface area contributed by atoms with Crippen LogP contribution < -0.4 is 5.32 Å². The van der Waals surface area contributed by atoms with E-state index in [1.165, 1.54) is 6.42 Å². The van der Waals surface area contributed by atoms with Gasteiger partial charge in [-0.2, -0.15) is 5.26 Å². The largest absolute Gasteiger partial charge is 0.409 e. The molecule has 0 amide bonds. The second-order valence-electron chi connectivity index (χ2n) is 10.2. The molecule has 1 aliphatic rings. The van der Waals surface area contributed by atoms with E-state index in [0.29, 0.717) is 13.0 Å². The van der Waals surface area contributed by atoms with Crippen molar-refractivity contribution in [2.75, 3.05) is 11.9 Å². The van der Waals surface area contributed by atoms with E-state index in [4.69, 9.17) is 4.43 Å². The predicted octanol–water partition coefficient (Wildman–Crippen LogP) is 6.02. The van der Waals surface area contributed by atoms with Gasteiger partial charge in [-0.05, 0) is 55.1 Å². The number of aliphatic hydroxyl groups is 1. The highest BCUT2D eigenvalue weighted by molar-refractivity contribution is 6.71. The summed E-state index contributed by atoms with van der Waals surface area (Å²) in [4.78, 5) is 0. The molecule has 4 nitrogen and oxygen atoms in total. The van der Waals surface area contributed by atoms with Gasteiger partial charge in [0.1, 0.15) is 0 Å². The first kappa shape index (κ1) is 22.9. The van der Waals surface area contributed by atoms with E-state index in [0.717, 1.165) is 43.0 Å². The van der Waals surface area contributed by atoms with Crippen LogP contribution in [0.15, 0.2) is 24.3 Å². The summed E-state index contributed by atoms with van der Waals surface area (Å²) in [5.74, 6) is 0. The van der Waals surface area contributed by atoms with Crippen LogP contribution in [0.2, 0.25) is 19.1 Å². The van der Waals surface area contributed by atoms with Gasteiger partial charge in [-0.1, -0.05) is 52.2 Å². The van der Waals surface area contributed by atoms with E-state index in [1.54, 1.807) is 0 Å². The third-order valence-corrected chi connectivity index (χ3v) is 8.19. The molecule has 0 saturated heterocycles. The van der Waals surface area contributed by atoms with E-state index in [-0.39, 0.29) is 11.5 Å². The van der Waals surface area contributed by atoms with Crippen molar-refractivity contribution in [3.8, 4) is 6.07 Å². The number of nitriles is 1. The lowest BCUT2D eigenvalue weighted by molar-refractivity contribution is 0.0167. The monoisotopic (exact) mass is 402 g/mol. The second-order valence-corrected chi connectivity index (χ2v) is 14.3. The molecule has 2 rings (SSSR count). The molecular weight excluding hydrogens is 364 g/mol. The van der Waals surface area contributed by atoms with Gasteiger partial charge in [0.05, 0.1) is 24.2 Å². The summed E-state index contributed by atoms with van der Waals surface area (Å²) >= 11 is 0. The first-order valence-corrected chi connectivity index (χ1v) is 13.7. The number of anilines is 1. The molecule has 0 aromatic heterocycles. The Morgan fingerprint density at radius 3 is 2.54 bits per heavy atom. The maximum absolute atomic E-state index is 10.7. The van der Waals surface area contributed by atoms with Gasteiger partial charge in [0.25, 0.3) is 0 Å². The Bertz CT molecular complexity index is 670. The minimum absolute atomic E-state index is 0.200. The van der Waals surface area contributed by atoms with Crippen molar-refractivity contribution >= 4 is 14.0 Å². The van der Waals surface area contributed by atoms with Crippen LogP contribution in [0.25, 0.3) is 0 Å². The number of benzene rings is 1. The molecule has 0 spiro atoms. The van der Waals surface area contributed by atoms with Crippen LogP contribution >= 0.6 is 0 Å². The number of nitrogens with zero attached hydrogens (tertiary/aromatic N) is 1. The average Bonchev–Trinajstić information content (AvgIpc) is 2.58. The van der Waals surface area contributed by atoms with Crippen molar-refractivity contribution in [3.05, 3.63) is 29.8 Å². The average molecular weight is 403 g/mol. The van der Waals surface area contributed by atoms with Gasteiger partial charge in [-0.3, -0.25) is 0 Å². The highest BCUT2D eigenvalue weighted by Gasteiger charge is 2.32. The topological polar surface area (TPSA) is 65.3 Å². The first-order valence-electron chi connectivity index (χ1n) is 10.6. The van der Waals surface area contributed by atoms with Gasteiger partial charge >= 0.3 is 0 Å². The molecule has 1 aromatic carbocycles. The Balaban J connectivity index is 2.08. The summed E-state index contributed by atoms with van der Waals surface area (Å²) in [5.41, 5.74) is 1.64. The quantitative estimate of drug-likeness (QED) is 0.522. The molecule has 1 saturated carbocycles. The van der Waals surface area contributed by atoms with Gasteiger partial charge in [-0.15, -0.1) is 0 Å². The second kappa shape index (κ2) is 9.43. The van der Waals surface area contributed by atoms with Crippen LogP contribution in [0.4, 0.5) is 5.69 Å². The fourth-order valence-electron chi connectivity index (χ4n) is 4.52. The minimum Gasteiger partial charge on any atom is -0.409 e. The third-order valence-electron chi connectivity index (χ3n) is 5.36. The van der Waals surface area contributed by atoms with Crippen LogP contribution in [0.1, 0.15) is 71.0 Å². The van der Waals surface area contributed by atoms with E-state index in [2.05, 4.69) is 51.3 Å². The van der Waals surface area contributed by atoms with Crippen LogP contribution in [0.5, 0.6) is 0 Å². The van der Waals surface area contributed by atoms with Crippen molar-refractivity contribution in [2.45, 2.75) is 90.1 Å². The molecule has 1 aliphatic carbocycles. The van der Waals surface area contributed by atoms with Crippen molar-refractivity contribution in [1.82, 2.24) is 0 Å². The smallest absolute Gasteiger partial charge is 0.188 e. The Hall–Kier alpha value is -1.35. The number of hydrogen-bond donors (Lipinski definition) is 2. The Kier molecular flexibility index (Phi) is 7.72. The van der Waals surface area contributed by atoms with Gasteiger partial charge in [0.15, 0.2) is 8.32 Å². The lowest BCUT2D eigenvalue weighted by atomic mass is 9.85. The fraction of sp³-hybridized carbons (Fsp3) is 0.696. The van der Waals surface area contributed by atoms with Crippen molar-refractivity contribution in [1.29, 1.82) is 5.26 Å². The van der Waals surface area contributed by atoms with Gasteiger partial charge in [0, 0.05) is 12.2 Å². The third kappa shape index (κ3) is 7.58. The zero-order valence-corrected chi connectivity index (χ0v) is 19.3. The summed E-state index contributed by atoms with van der Waals surface area (Å²) in [6.45, 7) is 11.8. The first-order chi connectivity index (χ1) is 13.0. The molecule has 0 radical (unpaired) electrons. The normalized spacial score (nSPS) is 18.3. The summed E-state index contributed by atoms with van der Waals surface area (Å²) in [7, 11) is -1.91. The number of hydrogen-bond acceptors (Lipinski definition) is 4. The predicted molar refractivity (Wildman–Crippen MR) is 119 cm³/mol. The fourth-order valence-corrected chi connectivity index (χ4v) is 8.14. The van der Waals surface area contributed by atoms with Crippen molar-refractivity contribution < 1.29 is 9.53 Å². The minimum atomic E-state index is -1.91. The molecule has 0 aliphatic heterocycles. The van der Waals surface area contributed by atoms with Crippen molar-refractivity contribution in [3.63, 3.8) is 0 Å². The molecule has 1 fully saturated rings. The van der Waals surface area contributed by atoms with E-state index >= 15 is 0 Å². The highest BCUT2D eigenvalue weighted by Crippen LogP contribution is 2.34. The maximum atomic E-state index is 10.7. The Morgan fingerprint density at radius 2 is 1.93 bits per heavy atom. The summed E-state index contributed by atoms with van der Waals surface area (Å²) in [6, 6.07) is 11.5. The molecule has 1 atom stereocenters. The zero-order chi connectivity index (χ0) is 20.8. The molecule has 2 N–H and O–H groups in total. The van der Waals surface area contributed by atoms with Crippen LogP contribution in [0.3, 0.4) is 0 Å². The maximum Gasteiger partial charge on any atom is 0.188 e. The Morgan fingerprint density at radius 1 is 1.25 bits per heavy atom. The zero-order valence-electron chi connectivity index (χ0n) is 18.3. The van der Waals surface area contributed by atoms with E-state index < -0.39 is 13.9 Å². The molecule has 5 heteroatoms. The highest BCUT2D eigenvalue weighted by atomic mass is 28.4. The van der Waals surface area contributed by atoms with Crippen LogP contribution in [0, 0.1) is 16.7 Å². The van der Waals surface area contributed by atoms with E-state index in [1.807, 2.05) is 18.2 Å². The molecule has 1 unspecified atom stereocenters. The number of nitrogens with one attached hydrogen (secondary N) is 1. The lowest BCUT2D eigenvalue weighted by Gasteiger charge is -2.34. The molecule has 0 heterocycles. The summed E-state index contributed by atoms with van der Waals surface area (Å²) in [6.07, 6.45) is 5.31.